The van der Waals surface area contributed by atoms with Crippen LogP contribution in [0.5, 0.6) is 0 Å². The molecule has 2 rings (SSSR count). The Morgan fingerprint density at radius 2 is 2.35 bits per heavy atom. The summed E-state index contributed by atoms with van der Waals surface area (Å²) in [7, 11) is 1.26. The van der Waals surface area contributed by atoms with E-state index in [9.17, 15) is 9.59 Å². The topological polar surface area (TPSA) is 99.0 Å². The van der Waals surface area contributed by atoms with E-state index in [1.54, 1.807) is 24.8 Å². The lowest BCUT2D eigenvalue weighted by atomic mass is 10.3. The summed E-state index contributed by atoms with van der Waals surface area (Å²) in [5, 5.41) is 10.4. The first-order valence-electron chi connectivity index (χ1n) is 5.77. The maximum absolute atomic E-state index is 11.8. The molecular formula is C11H13N5O3S. The third-order valence-electron chi connectivity index (χ3n) is 2.61. The number of amides is 1. The number of nitrogens with zero attached hydrogens (tertiary/aromatic N) is 4. The molecule has 20 heavy (non-hydrogen) atoms. The Morgan fingerprint density at radius 3 is 3.00 bits per heavy atom. The van der Waals surface area contributed by atoms with Gasteiger partial charge in [-0.3, -0.25) is 14.6 Å². The summed E-state index contributed by atoms with van der Waals surface area (Å²) in [5.74, 6) is -0.842. The number of ether oxygens (including phenoxy) is 1. The van der Waals surface area contributed by atoms with E-state index in [-0.39, 0.29) is 12.5 Å². The van der Waals surface area contributed by atoms with Crippen molar-refractivity contribution in [3.8, 4) is 10.6 Å². The second-order valence-electron chi connectivity index (χ2n) is 3.92. The van der Waals surface area contributed by atoms with Gasteiger partial charge in [0.05, 0.1) is 23.7 Å². The fourth-order valence-electron chi connectivity index (χ4n) is 1.42. The third kappa shape index (κ3) is 3.18. The van der Waals surface area contributed by atoms with Gasteiger partial charge in [-0.05, 0) is 6.92 Å². The first kappa shape index (κ1) is 14.1. The lowest BCUT2D eigenvalue weighted by Gasteiger charge is -2.10. The van der Waals surface area contributed by atoms with E-state index in [0.29, 0.717) is 5.69 Å². The Labute approximate surface area is 118 Å². The largest absolute Gasteiger partial charge is 0.468 e. The average molecular weight is 295 g/mol. The Kier molecular flexibility index (Phi) is 4.41. The zero-order chi connectivity index (χ0) is 14.5. The van der Waals surface area contributed by atoms with Crippen LogP contribution in [0.15, 0.2) is 17.9 Å². The number of rotatable bonds is 5. The lowest BCUT2D eigenvalue weighted by molar-refractivity contribution is -0.141. The van der Waals surface area contributed by atoms with Crippen molar-refractivity contribution in [3.63, 3.8) is 0 Å². The summed E-state index contributed by atoms with van der Waals surface area (Å²) >= 11 is 1.44. The highest BCUT2D eigenvalue weighted by molar-refractivity contribution is 7.13. The van der Waals surface area contributed by atoms with Gasteiger partial charge in [0.15, 0.2) is 0 Å². The Hall–Kier alpha value is -2.29. The zero-order valence-corrected chi connectivity index (χ0v) is 11.8. The lowest BCUT2D eigenvalue weighted by Crippen LogP contribution is -2.35. The summed E-state index contributed by atoms with van der Waals surface area (Å²) in [6.07, 6.45) is 3.34. The summed E-state index contributed by atoms with van der Waals surface area (Å²) < 4.78 is 5.88. The van der Waals surface area contributed by atoms with Crippen LogP contribution in [0.2, 0.25) is 0 Å². The molecule has 2 aromatic rings. The molecule has 0 spiro atoms. The molecule has 2 heterocycles. The number of nitrogens with one attached hydrogen (secondary N) is 1. The number of carbonyl (C=O) groups excluding carboxylic acids is 2. The van der Waals surface area contributed by atoms with Gasteiger partial charge in [0.1, 0.15) is 18.3 Å². The molecule has 0 saturated carbocycles. The van der Waals surface area contributed by atoms with Crippen LogP contribution in [-0.4, -0.2) is 45.5 Å². The van der Waals surface area contributed by atoms with Gasteiger partial charge in [-0.1, -0.05) is 5.21 Å². The Balaban J connectivity index is 2.00. The number of aromatic nitrogens is 4. The maximum Gasteiger partial charge on any atom is 0.325 e. The van der Waals surface area contributed by atoms with Crippen molar-refractivity contribution < 1.29 is 14.3 Å². The number of methoxy groups -OCH3 is 1. The van der Waals surface area contributed by atoms with E-state index in [2.05, 4.69) is 25.3 Å². The first-order chi connectivity index (χ1) is 9.61. The fourth-order valence-corrected chi connectivity index (χ4v) is 1.99. The van der Waals surface area contributed by atoms with Gasteiger partial charge < -0.3 is 10.1 Å². The van der Waals surface area contributed by atoms with Crippen LogP contribution in [0.3, 0.4) is 0 Å². The fraction of sp³-hybridized carbons (Fsp3) is 0.364. The van der Waals surface area contributed by atoms with Crippen LogP contribution in [-0.2, 0) is 14.3 Å². The first-order valence-corrected chi connectivity index (χ1v) is 6.65. The van der Waals surface area contributed by atoms with Gasteiger partial charge in [-0.2, -0.15) is 0 Å². The molecule has 0 fully saturated rings. The quantitative estimate of drug-likeness (QED) is 0.794. The molecule has 0 aromatic carbocycles. The van der Waals surface area contributed by atoms with Gasteiger partial charge in [0.2, 0.25) is 5.91 Å². The van der Waals surface area contributed by atoms with E-state index in [4.69, 9.17) is 0 Å². The van der Waals surface area contributed by atoms with E-state index in [0.717, 1.165) is 4.88 Å². The molecule has 0 aliphatic carbocycles. The molecule has 9 heteroatoms. The number of hydrogen-bond acceptors (Lipinski definition) is 7. The van der Waals surface area contributed by atoms with Gasteiger partial charge in [-0.25, -0.2) is 4.68 Å². The molecule has 0 aliphatic rings. The van der Waals surface area contributed by atoms with Gasteiger partial charge >= 0.3 is 5.97 Å². The predicted molar refractivity (Wildman–Crippen MR) is 70.9 cm³/mol. The van der Waals surface area contributed by atoms with Crippen molar-refractivity contribution in [1.82, 2.24) is 25.3 Å². The van der Waals surface area contributed by atoms with Crippen LogP contribution in [0.4, 0.5) is 0 Å². The van der Waals surface area contributed by atoms with E-state index >= 15 is 0 Å². The summed E-state index contributed by atoms with van der Waals surface area (Å²) in [6.45, 7) is 1.49. The molecule has 106 valence electrons. The minimum atomic E-state index is -0.575. The summed E-state index contributed by atoms with van der Waals surface area (Å²) in [4.78, 5) is 27.6. The molecule has 1 N–H and O–H groups in total. The van der Waals surface area contributed by atoms with Crippen molar-refractivity contribution in [3.05, 3.63) is 17.9 Å². The molecule has 0 radical (unpaired) electrons. The SMILES string of the molecule is COC(=O)CNC(=O)C(C)n1cc(-c2cncs2)nn1. The zero-order valence-electron chi connectivity index (χ0n) is 10.9. The minimum absolute atomic E-state index is 0.171. The van der Waals surface area contributed by atoms with Gasteiger partial charge in [0, 0.05) is 6.20 Å². The van der Waals surface area contributed by atoms with Gasteiger partial charge in [-0.15, -0.1) is 16.4 Å². The normalized spacial score (nSPS) is 11.9. The molecule has 1 amide bonds. The highest BCUT2D eigenvalue weighted by Crippen LogP contribution is 2.20. The second kappa shape index (κ2) is 6.24. The highest BCUT2D eigenvalue weighted by atomic mass is 32.1. The van der Waals surface area contributed by atoms with Crippen molar-refractivity contribution >= 4 is 23.2 Å². The van der Waals surface area contributed by atoms with Crippen LogP contribution in [0.1, 0.15) is 13.0 Å². The molecule has 1 unspecified atom stereocenters. The summed E-state index contributed by atoms with van der Waals surface area (Å²) in [6, 6.07) is -0.575. The van der Waals surface area contributed by atoms with Crippen LogP contribution >= 0.6 is 11.3 Å². The molecular weight excluding hydrogens is 282 g/mol. The van der Waals surface area contributed by atoms with Crippen LogP contribution in [0.25, 0.3) is 10.6 Å². The van der Waals surface area contributed by atoms with Crippen molar-refractivity contribution in [2.75, 3.05) is 13.7 Å². The molecule has 0 aliphatic heterocycles. The molecule has 0 bridgehead atoms. The van der Waals surface area contributed by atoms with Crippen LogP contribution in [0, 0.1) is 0 Å². The highest BCUT2D eigenvalue weighted by Gasteiger charge is 2.18. The van der Waals surface area contributed by atoms with Crippen molar-refractivity contribution in [2.24, 2.45) is 0 Å². The monoisotopic (exact) mass is 295 g/mol. The van der Waals surface area contributed by atoms with Crippen molar-refractivity contribution in [1.29, 1.82) is 0 Å². The van der Waals surface area contributed by atoms with Crippen molar-refractivity contribution in [2.45, 2.75) is 13.0 Å². The average Bonchev–Trinajstić information content (AvgIpc) is 3.13. The number of hydrogen-bond donors (Lipinski definition) is 1. The molecule has 1 atom stereocenters. The third-order valence-corrected chi connectivity index (χ3v) is 3.40. The molecule has 2 aromatic heterocycles. The summed E-state index contributed by atoms with van der Waals surface area (Å²) in [5.41, 5.74) is 2.35. The Morgan fingerprint density at radius 1 is 1.55 bits per heavy atom. The number of carbonyl (C=O) groups is 2. The van der Waals surface area contributed by atoms with E-state index < -0.39 is 12.0 Å². The molecule has 0 saturated heterocycles. The minimum Gasteiger partial charge on any atom is -0.468 e. The van der Waals surface area contributed by atoms with E-state index in [1.807, 2.05) is 0 Å². The standard InChI is InChI=1S/C11H13N5O3S/c1-7(11(18)13-4-10(17)19-2)16-5-8(14-15-16)9-3-12-6-20-9/h3,5-7H,4H2,1-2H3,(H,13,18). The predicted octanol–water partition coefficient (Wildman–Crippen LogP) is 0.252. The molecule has 8 nitrogen and oxygen atoms in total. The van der Waals surface area contributed by atoms with E-state index in [1.165, 1.54) is 23.1 Å². The van der Waals surface area contributed by atoms with Gasteiger partial charge in [0.25, 0.3) is 0 Å². The number of esters is 1. The number of thiazole rings is 1. The van der Waals surface area contributed by atoms with Crippen LogP contribution < -0.4 is 5.32 Å². The smallest absolute Gasteiger partial charge is 0.325 e. The maximum atomic E-state index is 11.8. The Bertz CT molecular complexity index is 595. The second-order valence-corrected chi connectivity index (χ2v) is 4.81.